The number of hydrogen-bond donors (Lipinski definition) is 1. The fourth-order valence-corrected chi connectivity index (χ4v) is 1.58. The van der Waals surface area contributed by atoms with Crippen LogP contribution in [0.5, 0.6) is 5.75 Å². The van der Waals surface area contributed by atoms with E-state index in [1.54, 1.807) is 12.1 Å². The lowest BCUT2D eigenvalue weighted by Gasteiger charge is -2.08. The summed E-state index contributed by atoms with van der Waals surface area (Å²) in [5.41, 5.74) is 1.03. The Bertz CT molecular complexity index is 607. The molecule has 1 heterocycles. The zero-order chi connectivity index (χ0) is 13.7. The Balaban J connectivity index is 2.32. The summed E-state index contributed by atoms with van der Waals surface area (Å²) in [6.45, 7) is 0.150. The largest absolute Gasteiger partial charge is 0.496 e. The van der Waals surface area contributed by atoms with Crippen molar-refractivity contribution in [1.82, 2.24) is 10.2 Å². The maximum Gasteiger partial charge on any atom is 0.149 e. The van der Waals surface area contributed by atoms with Crippen LogP contribution in [0.2, 0.25) is 0 Å². The van der Waals surface area contributed by atoms with Crippen molar-refractivity contribution in [1.29, 1.82) is 5.26 Å². The third kappa shape index (κ3) is 2.96. The van der Waals surface area contributed by atoms with Gasteiger partial charge < -0.3 is 10.1 Å². The Kier molecular flexibility index (Phi) is 3.88. The van der Waals surface area contributed by atoms with E-state index >= 15 is 0 Å². The normalized spacial score (nSPS) is 9.74. The SMILES string of the molecule is COc1ccc(F)cc1-c1ccc(NCC#N)nn1. The fourth-order valence-electron chi connectivity index (χ4n) is 1.58. The summed E-state index contributed by atoms with van der Waals surface area (Å²) in [4.78, 5) is 0. The number of nitrogens with zero attached hydrogens (tertiary/aromatic N) is 3. The predicted octanol–water partition coefficient (Wildman–Crippen LogP) is 2.23. The van der Waals surface area contributed by atoms with E-state index in [1.165, 1.54) is 25.3 Å². The van der Waals surface area contributed by atoms with Crippen molar-refractivity contribution in [3.63, 3.8) is 0 Å². The molecule has 2 rings (SSSR count). The van der Waals surface area contributed by atoms with Gasteiger partial charge in [-0.2, -0.15) is 5.26 Å². The van der Waals surface area contributed by atoms with Crippen molar-refractivity contribution >= 4 is 5.82 Å². The molecule has 1 aromatic carbocycles. The zero-order valence-corrected chi connectivity index (χ0v) is 10.2. The molecule has 0 atom stereocenters. The van der Waals surface area contributed by atoms with Crippen molar-refractivity contribution in [2.45, 2.75) is 0 Å². The number of benzene rings is 1. The van der Waals surface area contributed by atoms with Gasteiger partial charge in [-0.25, -0.2) is 4.39 Å². The van der Waals surface area contributed by atoms with Crippen LogP contribution >= 0.6 is 0 Å². The Hall–Kier alpha value is -2.68. The summed E-state index contributed by atoms with van der Waals surface area (Å²) in [7, 11) is 1.51. The second kappa shape index (κ2) is 5.78. The monoisotopic (exact) mass is 258 g/mol. The highest BCUT2D eigenvalue weighted by molar-refractivity contribution is 5.67. The van der Waals surface area contributed by atoms with Crippen LogP contribution in [0, 0.1) is 17.1 Å². The molecule has 0 radical (unpaired) electrons. The number of hydrogen-bond acceptors (Lipinski definition) is 5. The van der Waals surface area contributed by atoms with Gasteiger partial charge in [0, 0.05) is 5.56 Å². The summed E-state index contributed by atoms with van der Waals surface area (Å²) in [5, 5.41) is 19.1. The van der Waals surface area contributed by atoms with Crippen LogP contribution < -0.4 is 10.1 Å². The molecule has 19 heavy (non-hydrogen) atoms. The number of aromatic nitrogens is 2. The minimum Gasteiger partial charge on any atom is -0.496 e. The molecule has 0 saturated heterocycles. The van der Waals surface area contributed by atoms with Gasteiger partial charge in [-0.1, -0.05) is 0 Å². The second-order valence-corrected chi connectivity index (χ2v) is 3.66. The molecule has 5 nitrogen and oxygen atoms in total. The summed E-state index contributed by atoms with van der Waals surface area (Å²) < 4.78 is 18.4. The van der Waals surface area contributed by atoms with Crippen LogP contribution in [0.15, 0.2) is 30.3 Å². The molecule has 96 valence electrons. The van der Waals surface area contributed by atoms with E-state index in [2.05, 4.69) is 15.5 Å². The van der Waals surface area contributed by atoms with Gasteiger partial charge in [0.15, 0.2) is 0 Å². The predicted molar refractivity (Wildman–Crippen MR) is 68.1 cm³/mol. The summed E-state index contributed by atoms with van der Waals surface area (Å²) >= 11 is 0. The first-order valence-corrected chi connectivity index (χ1v) is 5.53. The summed E-state index contributed by atoms with van der Waals surface area (Å²) in [6.07, 6.45) is 0. The maximum absolute atomic E-state index is 13.3. The first-order valence-electron chi connectivity index (χ1n) is 5.53. The number of methoxy groups -OCH3 is 1. The average molecular weight is 258 g/mol. The van der Waals surface area contributed by atoms with Crippen LogP contribution in [0.3, 0.4) is 0 Å². The molecule has 0 bridgehead atoms. The minimum atomic E-state index is -0.371. The lowest BCUT2D eigenvalue weighted by atomic mass is 10.1. The number of nitrogens with one attached hydrogen (secondary N) is 1. The van der Waals surface area contributed by atoms with Crippen LogP contribution in [-0.4, -0.2) is 23.9 Å². The molecule has 0 spiro atoms. The van der Waals surface area contributed by atoms with E-state index in [0.717, 1.165) is 0 Å². The van der Waals surface area contributed by atoms with Gasteiger partial charge >= 0.3 is 0 Å². The number of halogens is 1. The Morgan fingerprint density at radius 3 is 2.79 bits per heavy atom. The second-order valence-electron chi connectivity index (χ2n) is 3.66. The van der Waals surface area contributed by atoms with E-state index in [-0.39, 0.29) is 12.4 Å². The number of rotatable bonds is 4. The van der Waals surface area contributed by atoms with Crippen molar-refractivity contribution < 1.29 is 9.13 Å². The Labute approximate surface area is 109 Å². The van der Waals surface area contributed by atoms with Crippen LogP contribution in [0.1, 0.15) is 0 Å². The third-order valence-electron chi connectivity index (χ3n) is 2.45. The topological polar surface area (TPSA) is 70.8 Å². The molecular weight excluding hydrogens is 247 g/mol. The van der Waals surface area contributed by atoms with Gasteiger partial charge in [0.2, 0.25) is 0 Å². The molecule has 0 unspecified atom stereocenters. The molecule has 0 aliphatic carbocycles. The summed E-state index contributed by atoms with van der Waals surface area (Å²) in [6, 6.07) is 9.49. The van der Waals surface area contributed by atoms with Crippen molar-refractivity contribution in [2.24, 2.45) is 0 Å². The maximum atomic E-state index is 13.3. The average Bonchev–Trinajstić information content (AvgIpc) is 2.45. The van der Waals surface area contributed by atoms with Gasteiger partial charge in [0.05, 0.1) is 18.9 Å². The first kappa shape index (κ1) is 12.8. The molecule has 2 aromatic rings. The molecule has 1 N–H and O–H groups in total. The van der Waals surface area contributed by atoms with E-state index < -0.39 is 0 Å². The highest BCUT2D eigenvalue weighted by atomic mass is 19.1. The zero-order valence-electron chi connectivity index (χ0n) is 10.2. The first-order chi connectivity index (χ1) is 9.24. The molecule has 0 aliphatic rings. The highest BCUT2D eigenvalue weighted by Gasteiger charge is 2.09. The lowest BCUT2D eigenvalue weighted by molar-refractivity contribution is 0.415. The van der Waals surface area contributed by atoms with Crippen molar-refractivity contribution in [3.8, 4) is 23.1 Å². The van der Waals surface area contributed by atoms with Gasteiger partial charge in [-0.05, 0) is 30.3 Å². The molecule has 0 aliphatic heterocycles. The number of nitriles is 1. The van der Waals surface area contributed by atoms with Crippen LogP contribution in [0.4, 0.5) is 10.2 Å². The van der Waals surface area contributed by atoms with Gasteiger partial charge in [0.25, 0.3) is 0 Å². The highest BCUT2D eigenvalue weighted by Crippen LogP contribution is 2.29. The summed E-state index contributed by atoms with van der Waals surface area (Å²) in [5.74, 6) is 0.637. The third-order valence-corrected chi connectivity index (χ3v) is 2.45. The van der Waals surface area contributed by atoms with Gasteiger partial charge in [-0.15, -0.1) is 10.2 Å². The molecule has 1 aromatic heterocycles. The fraction of sp³-hybridized carbons (Fsp3) is 0.154. The van der Waals surface area contributed by atoms with Gasteiger partial charge in [0.1, 0.15) is 23.9 Å². The van der Waals surface area contributed by atoms with Crippen molar-refractivity contribution in [2.75, 3.05) is 19.0 Å². The van der Waals surface area contributed by atoms with E-state index in [4.69, 9.17) is 10.00 Å². The smallest absolute Gasteiger partial charge is 0.149 e. The molecule has 0 amide bonds. The van der Waals surface area contributed by atoms with E-state index in [0.29, 0.717) is 22.8 Å². The molecule has 0 fully saturated rings. The van der Waals surface area contributed by atoms with E-state index in [9.17, 15) is 4.39 Å². The number of ether oxygens (including phenoxy) is 1. The number of anilines is 1. The lowest BCUT2D eigenvalue weighted by Crippen LogP contribution is -2.02. The molecule has 6 heteroatoms. The standard InChI is InChI=1S/C13H11FN4O/c1-19-12-4-2-9(14)8-10(12)11-3-5-13(18-17-11)16-7-6-15/h2-5,8H,7H2,1H3,(H,16,18). The molecule has 0 saturated carbocycles. The minimum absolute atomic E-state index is 0.150. The quantitative estimate of drug-likeness (QED) is 0.851. The van der Waals surface area contributed by atoms with Gasteiger partial charge in [-0.3, -0.25) is 0 Å². The van der Waals surface area contributed by atoms with Crippen LogP contribution in [-0.2, 0) is 0 Å². The molecular formula is C13H11FN4O. The van der Waals surface area contributed by atoms with E-state index in [1.807, 2.05) is 6.07 Å². The Morgan fingerprint density at radius 2 is 2.16 bits per heavy atom. The van der Waals surface area contributed by atoms with Crippen molar-refractivity contribution in [3.05, 3.63) is 36.1 Å². The Morgan fingerprint density at radius 1 is 1.32 bits per heavy atom. The van der Waals surface area contributed by atoms with Crippen LogP contribution in [0.25, 0.3) is 11.3 Å².